The summed E-state index contributed by atoms with van der Waals surface area (Å²) >= 11 is 0. The number of hydrogen-bond donors (Lipinski definition) is 4. The molecule has 3 aromatic rings. The van der Waals surface area contributed by atoms with Crippen LogP contribution in [0.2, 0.25) is 0 Å². The molecule has 0 aliphatic heterocycles. The van der Waals surface area contributed by atoms with E-state index in [-0.39, 0.29) is 6.99 Å². The maximum Gasteiger partial charge on any atom is 0.409 e. The zero-order valence-corrected chi connectivity index (χ0v) is 45.2. The molecule has 0 saturated carbocycles. The van der Waals surface area contributed by atoms with Crippen LogP contribution in [-0.4, -0.2) is 57.5 Å². The van der Waals surface area contributed by atoms with E-state index in [1.807, 2.05) is 74.4 Å². The van der Waals surface area contributed by atoms with Gasteiger partial charge in [-0.15, -0.1) is 26.8 Å². The van der Waals surface area contributed by atoms with Gasteiger partial charge in [-0.25, -0.2) is 9.59 Å². The molecule has 0 bridgehead atoms. The molecule has 3 atom stereocenters. The Labute approximate surface area is 380 Å². The number of carbonyl (C=O) groups is 2. The maximum absolute atomic E-state index is 11.7. The van der Waals surface area contributed by atoms with Crippen LogP contribution in [0, 0.1) is 0 Å². The Balaban J connectivity index is 0. The number of anilines is 3. The highest BCUT2D eigenvalue weighted by Crippen LogP contribution is 2.59. The summed E-state index contributed by atoms with van der Waals surface area (Å²) in [5, 5.41) is 8.67. The summed E-state index contributed by atoms with van der Waals surface area (Å²) in [4.78, 5) is 27.3. The van der Waals surface area contributed by atoms with Crippen molar-refractivity contribution in [2.75, 3.05) is 49.2 Å². The monoisotopic (exact) mass is 923 g/mol. The summed E-state index contributed by atoms with van der Waals surface area (Å²) in [7, 11) is 11.9. The van der Waals surface area contributed by atoms with Gasteiger partial charge in [0.15, 0.2) is 0 Å². The van der Waals surface area contributed by atoms with Crippen LogP contribution < -0.4 is 31.5 Å². The van der Waals surface area contributed by atoms with Crippen molar-refractivity contribution in [3.63, 3.8) is 0 Å². The second kappa shape index (κ2) is 32.9. The van der Waals surface area contributed by atoms with Crippen molar-refractivity contribution in [3.8, 4) is 0 Å². The number of nitrogens with one attached hydrogen (secondary N) is 3. The number of alkyl carbamates (subject to hydrolysis) is 2. The number of rotatable bonds is 14. The number of aryl methyl sites for hydroxylation is 6. The number of carbonyl (C=O) groups excluding carboxylic acids is 2. The molecular weight excluding hydrogens is 836 g/mol. The van der Waals surface area contributed by atoms with Crippen LogP contribution in [0.1, 0.15) is 130 Å². The quantitative estimate of drug-likeness (QED) is 0.0932. The van der Waals surface area contributed by atoms with Gasteiger partial charge in [-0.1, -0.05) is 73.6 Å². The Morgan fingerprint density at radius 3 is 1.16 bits per heavy atom. The molecule has 3 aromatic carbocycles. The largest absolute Gasteiger partial charge is 0.444 e. The average molecular weight is 923 g/mol. The third-order valence-electron chi connectivity index (χ3n) is 8.52. The Morgan fingerprint density at radius 1 is 0.574 bits per heavy atom. The van der Waals surface area contributed by atoms with E-state index in [9.17, 15) is 9.59 Å². The lowest BCUT2D eigenvalue weighted by Gasteiger charge is -2.24. The first-order valence-corrected chi connectivity index (χ1v) is 27.9. The van der Waals surface area contributed by atoms with Gasteiger partial charge in [-0.3, -0.25) is 0 Å². The zero-order chi connectivity index (χ0) is 47.3. The van der Waals surface area contributed by atoms with Gasteiger partial charge >= 0.3 is 12.2 Å². The van der Waals surface area contributed by atoms with E-state index < -0.39 is 23.4 Å². The molecule has 3 rings (SSSR count). The Kier molecular flexibility index (Phi) is 32.5. The van der Waals surface area contributed by atoms with Crippen LogP contribution in [0.3, 0.4) is 0 Å². The highest BCUT2D eigenvalue weighted by Gasteiger charge is 2.17. The first-order chi connectivity index (χ1) is 28.5. The summed E-state index contributed by atoms with van der Waals surface area (Å²) < 4.78 is 10.4. The number of ether oxygens (including phenoxy) is 2. The molecule has 0 heterocycles. The fourth-order valence-corrected chi connectivity index (χ4v) is 5.24. The summed E-state index contributed by atoms with van der Waals surface area (Å²) in [6.07, 6.45) is 5.38. The Hall–Kier alpha value is -2.72. The average Bonchev–Trinajstić information content (AvgIpc) is 3.21. The van der Waals surface area contributed by atoms with Gasteiger partial charge in [0.25, 0.3) is 0 Å². The van der Waals surface area contributed by atoms with Gasteiger partial charge in [-0.2, -0.15) is 0 Å². The molecule has 0 saturated heterocycles. The third-order valence-corrected chi connectivity index (χ3v) is 8.52. The van der Waals surface area contributed by atoms with Gasteiger partial charge in [0.2, 0.25) is 0 Å². The smallest absolute Gasteiger partial charge is 0.409 e. The van der Waals surface area contributed by atoms with Crippen molar-refractivity contribution < 1.29 is 19.1 Å². The van der Waals surface area contributed by atoms with Gasteiger partial charge in [0.05, 0.1) is 20.0 Å². The van der Waals surface area contributed by atoms with Gasteiger partial charge in [0.1, 0.15) is 11.2 Å². The van der Waals surface area contributed by atoms with Crippen LogP contribution in [-0.2, 0) is 48.0 Å². The van der Waals surface area contributed by atoms with Crippen LogP contribution >= 0.6 is 33.8 Å². The van der Waals surface area contributed by atoms with Crippen molar-refractivity contribution in [1.29, 1.82) is 0 Å². The van der Waals surface area contributed by atoms with Crippen molar-refractivity contribution in [2.24, 2.45) is 5.73 Å². The molecule has 348 valence electrons. The maximum atomic E-state index is 11.7. The number of amides is 2. The zero-order valence-electron chi connectivity index (χ0n) is 40.8. The second-order valence-electron chi connectivity index (χ2n) is 16.1. The number of benzene rings is 3. The second-order valence-corrected chi connectivity index (χ2v) is 27.7. The molecule has 61 heavy (non-hydrogen) atoms. The number of hydrogen-bond acceptors (Lipinski definition) is 8. The summed E-state index contributed by atoms with van der Waals surface area (Å²) in [5.74, 6) is 0. The lowest BCUT2D eigenvalue weighted by molar-refractivity contribution is 0.0518. The minimum Gasteiger partial charge on any atom is -0.444 e. The van der Waals surface area contributed by atoms with Crippen molar-refractivity contribution in [1.82, 2.24) is 10.6 Å². The molecule has 0 spiro atoms. The first-order valence-electron chi connectivity index (χ1n) is 21.8. The highest BCUT2D eigenvalue weighted by molar-refractivity contribution is 8.65. The molecule has 0 radical (unpaired) electrons. The Bertz CT molecular complexity index is 1600. The molecule has 3 unspecified atom stereocenters. The Morgan fingerprint density at radius 2 is 0.869 bits per heavy atom. The molecule has 5 N–H and O–H groups in total. The molecule has 0 aromatic heterocycles. The lowest BCUT2D eigenvalue weighted by atomic mass is 10.1. The van der Waals surface area contributed by atoms with Crippen LogP contribution in [0.25, 0.3) is 0 Å². The highest BCUT2D eigenvalue weighted by atomic mass is 32.7. The minimum atomic E-state index is -0.472. The van der Waals surface area contributed by atoms with E-state index in [2.05, 4.69) is 144 Å². The SMILES string of the molecule is CC.CCc1cc(CC)cc(N(C)CN)c1.CCc1cc(CC)cc(N(C)CNC(=O)OC(C)(C)C)c1.CCc1cc(CC)cc(NCNC(=O)OC(C)(C)C)c1.PP(P)P. The predicted octanol–water partition coefficient (Wildman–Crippen LogP) is 12.5. The summed E-state index contributed by atoms with van der Waals surface area (Å²) in [6, 6.07) is 19.7. The van der Waals surface area contributed by atoms with E-state index >= 15 is 0 Å². The standard InChI is InChI=1S/C17H28N2O2.C16H26N2O2.C12H20N2.C2H6.H6P4/c1-7-13-9-14(8-2)11-15(10-13)19(6)12-18-16(20)21-17(3,4)5;1-6-12-8-13(7-2)10-14(9-12)17-11-18-15(19)20-16(3,4)5;1-4-10-6-11(5-2)8-12(7-10)14(3)9-13;1-2;1-4(2)3/h9-11H,7-8,12H2,1-6H3,(H,18,20);8-10,17H,6-7,11H2,1-5H3,(H,18,19);6-8H,4-5,9,13H2,1-3H3;1-2H3;1-3H2. The molecule has 0 fully saturated rings. The van der Waals surface area contributed by atoms with E-state index in [1.165, 1.54) is 39.1 Å². The van der Waals surface area contributed by atoms with E-state index in [0.29, 0.717) is 20.0 Å². The predicted molar refractivity (Wildman–Crippen MR) is 281 cm³/mol. The topological polar surface area (TPSA) is 121 Å². The first kappa shape index (κ1) is 60.4. The molecule has 2 amide bonds. The minimum absolute atomic E-state index is 0.130. The van der Waals surface area contributed by atoms with Gasteiger partial charge in [0, 0.05) is 31.2 Å². The van der Waals surface area contributed by atoms with Crippen molar-refractivity contribution in [2.45, 2.75) is 147 Å². The van der Waals surface area contributed by atoms with Crippen molar-refractivity contribution in [3.05, 3.63) is 88.0 Å². The number of nitrogens with two attached hydrogens (primary N) is 1. The molecule has 10 nitrogen and oxygen atoms in total. The van der Waals surface area contributed by atoms with Gasteiger partial charge in [-0.05, 0) is 157 Å². The fourth-order valence-electron chi connectivity index (χ4n) is 5.24. The van der Waals surface area contributed by atoms with Crippen LogP contribution in [0.5, 0.6) is 0 Å². The molecule has 14 heteroatoms. The van der Waals surface area contributed by atoms with Crippen molar-refractivity contribution >= 4 is 63.0 Å². The lowest BCUT2D eigenvalue weighted by Crippen LogP contribution is -2.39. The molecule has 0 aliphatic carbocycles. The van der Waals surface area contributed by atoms with Crippen LogP contribution in [0.4, 0.5) is 26.7 Å². The normalized spacial score (nSPS) is 10.5. The summed E-state index contributed by atoms with van der Waals surface area (Å²) in [5.41, 5.74) is 16.0. The third kappa shape index (κ3) is 30.1. The summed E-state index contributed by atoms with van der Waals surface area (Å²) in [6.45, 7) is 29.5. The molecule has 0 aliphatic rings. The van der Waals surface area contributed by atoms with E-state index in [4.69, 9.17) is 15.2 Å². The fraction of sp³-hybridized carbons (Fsp3) is 0.574. The number of nitrogens with zero attached hydrogens (tertiary/aromatic N) is 2. The van der Waals surface area contributed by atoms with E-state index in [1.54, 1.807) is 0 Å². The van der Waals surface area contributed by atoms with Gasteiger partial charge < -0.3 is 41.0 Å². The van der Waals surface area contributed by atoms with E-state index in [0.717, 1.165) is 49.9 Å². The van der Waals surface area contributed by atoms with Crippen LogP contribution in [0.15, 0.2) is 54.6 Å². The molecular formula is C47H86N6O4P4.